The van der Waals surface area contributed by atoms with Gasteiger partial charge in [-0.3, -0.25) is 4.52 Å². The van der Waals surface area contributed by atoms with Crippen LogP contribution in [0, 0.1) is 0 Å². The summed E-state index contributed by atoms with van der Waals surface area (Å²) >= 11 is 0. The van der Waals surface area contributed by atoms with Crippen LogP contribution in [0.3, 0.4) is 0 Å². The first kappa shape index (κ1) is 29.2. The quantitative estimate of drug-likeness (QED) is 0.107. The van der Waals surface area contributed by atoms with E-state index in [1.54, 1.807) is 4.57 Å². The van der Waals surface area contributed by atoms with Gasteiger partial charge in [-0.2, -0.15) is 4.31 Å². The molecule has 5 rings (SSSR count). The molecule has 1 unspecified atom stereocenters. The molecule has 1 saturated heterocycles. The molecule has 41 heavy (non-hydrogen) atoms. The number of aliphatic hydroxyl groups is 2. The summed E-state index contributed by atoms with van der Waals surface area (Å²) in [5.74, 6) is -1.07. The second kappa shape index (κ2) is 11.2. The number of aromatic nitrogens is 4. The molecule has 2 aromatic carbocycles. The molecule has 0 bridgehead atoms. The molecule has 5 atom stereocenters. The largest absolute Gasteiger partial charge is 0.856 e. The lowest BCUT2D eigenvalue weighted by molar-refractivity contribution is -0.746. The number of aliphatic hydroxyl groups excluding tert-OH is 2. The van der Waals surface area contributed by atoms with Crippen molar-refractivity contribution in [1.29, 1.82) is 0 Å². The third-order valence-corrected chi connectivity index (χ3v) is 8.49. The Kier molecular flexibility index (Phi) is 7.98. The Morgan fingerprint density at radius 2 is 1.59 bits per heavy atom. The van der Waals surface area contributed by atoms with E-state index >= 15 is 0 Å². The highest BCUT2D eigenvalue weighted by molar-refractivity contribution is 7.60. The number of imidazole rings is 1. The number of ether oxygens (including phenoxy) is 1. The summed E-state index contributed by atoms with van der Waals surface area (Å²) in [7, 11) is -10.6. The average Bonchev–Trinajstić information content (AvgIpc) is 3.40. The van der Waals surface area contributed by atoms with Crippen LogP contribution in [0.15, 0.2) is 67.0 Å². The smallest absolute Gasteiger partial charge is 0.481 e. The minimum atomic E-state index is -5.38. The second-order valence-corrected chi connectivity index (χ2v) is 11.9. The van der Waals surface area contributed by atoms with Gasteiger partial charge in [0.25, 0.3) is 5.95 Å². The van der Waals surface area contributed by atoms with Crippen LogP contribution in [0.5, 0.6) is 5.88 Å². The molecular formula is C23H25N5O11P2. The first-order valence-corrected chi connectivity index (χ1v) is 15.0. The number of phosphoric acid groups is 2. The number of phosphoric ester groups is 1. The van der Waals surface area contributed by atoms with Gasteiger partial charge in [0.1, 0.15) is 24.4 Å². The maximum absolute atomic E-state index is 13.2. The molecule has 0 saturated carbocycles. The van der Waals surface area contributed by atoms with Crippen molar-refractivity contribution >= 4 is 32.8 Å². The lowest BCUT2D eigenvalue weighted by Gasteiger charge is -2.18. The molecule has 1 aliphatic rings. The van der Waals surface area contributed by atoms with Gasteiger partial charge in [0.15, 0.2) is 11.8 Å². The van der Waals surface area contributed by atoms with E-state index in [9.17, 15) is 29.3 Å². The van der Waals surface area contributed by atoms with Crippen LogP contribution in [0.25, 0.3) is 11.2 Å². The Bertz CT molecular complexity index is 1600. The van der Waals surface area contributed by atoms with Crippen molar-refractivity contribution in [2.75, 3.05) is 12.3 Å². The van der Waals surface area contributed by atoms with E-state index < -0.39 is 58.7 Å². The van der Waals surface area contributed by atoms with Crippen molar-refractivity contribution in [2.45, 2.75) is 30.6 Å². The summed E-state index contributed by atoms with van der Waals surface area (Å²) in [5, 5.41) is 34.7. The Morgan fingerprint density at radius 1 is 1.00 bits per heavy atom. The van der Waals surface area contributed by atoms with E-state index in [1.165, 1.54) is 10.9 Å². The second-order valence-electron chi connectivity index (χ2n) is 9.10. The molecule has 16 nitrogen and oxygen atoms in total. The number of rotatable bonds is 9. The van der Waals surface area contributed by atoms with Crippen LogP contribution in [0.4, 0.5) is 5.95 Å². The van der Waals surface area contributed by atoms with Crippen LogP contribution in [0.2, 0.25) is 0 Å². The van der Waals surface area contributed by atoms with E-state index in [4.69, 9.17) is 20.3 Å². The van der Waals surface area contributed by atoms with Crippen LogP contribution >= 0.6 is 15.6 Å². The fourth-order valence-corrected chi connectivity index (χ4v) is 6.28. The number of nitrogen functional groups attached to an aromatic ring is 1. The number of fused-ring (bicyclic) bond motifs is 1. The first-order chi connectivity index (χ1) is 19.3. The molecular weight excluding hydrogens is 584 g/mol. The number of nitrogens with zero attached hydrogens (tertiary/aromatic N) is 4. The van der Waals surface area contributed by atoms with Gasteiger partial charge in [-0.15, -0.1) is 0 Å². The summed E-state index contributed by atoms with van der Waals surface area (Å²) in [6, 6.07) is 17.9. The molecule has 7 N–H and O–H groups in total. The Morgan fingerprint density at radius 3 is 2.15 bits per heavy atom. The van der Waals surface area contributed by atoms with Crippen molar-refractivity contribution in [3.05, 3.63) is 78.1 Å². The minimum absolute atomic E-state index is 0.0109. The highest BCUT2D eigenvalue weighted by atomic mass is 31.3. The van der Waals surface area contributed by atoms with Crippen molar-refractivity contribution in [3.8, 4) is 5.88 Å². The number of hydrogen-bond donors (Lipinski definition) is 6. The van der Waals surface area contributed by atoms with Gasteiger partial charge >= 0.3 is 21.3 Å². The lowest BCUT2D eigenvalue weighted by atomic mass is 9.98. The van der Waals surface area contributed by atoms with Crippen molar-refractivity contribution in [1.82, 2.24) is 14.5 Å². The molecule has 0 amide bonds. The zero-order valence-corrected chi connectivity index (χ0v) is 22.7. The Labute approximate surface area is 231 Å². The van der Waals surface area contributed by atoms with Crippen LogP contribution in [-0.2, 0) is 22.7 Å². The zero-order valence-electron chi connectivity index (χ0n) is 20.9. The standard InChI is InChI=1S/C23H25N5O11P2/c24-23-25-20-17(21(31)26-23)27(16(13-7-3-1-4-8-13)14-9-5-2-6-10-14)12-28(20)22-19(30)18(29)15(38-22)11-37-41(35,36)39-40(32,33)34/h1-10,12,15-16,18-19,22,29-30H,11H2,(H5-,24,25,26,31,32,33,34,35,36)/t15-,18-,19-,22-/m1/s1. The van der Waals surface area contributed by atoms with Crippen LogP contribution in [-0.4, -0.2) is 64.3 Å². The molecule has 3 heterocycles. The number of benzene rings is 2. The van der Waals surface area contributed by atoms with Crippen molar-refractivity contribution in [3.63, 3.8) is 0 Å². The molecule has 218 valence electrons. The fourth-order valence-electron chi connectivity index (χ4n) is 4.68. The predicted octanol–water partition coefficient (Wildman–Crippen LogP) is -0.142. The van der Waals surface area contributed by atoms with Crippen LogP contribution < -0.4 is 15.4 Å². The Balaban J connectivity index is 1.57. The normalized spacial score (nSPS) is 22.8. The maximum atomic E-state index is 13.2. The van der Waals surface area contributed by atoms with Gasteiger partial charge in [0.2, 0.25) is 6.23 Å². The zero-order chi connectivity index (χ0) is 29.5. The molecule has 2 aromatic heterocycles. The number of nitrogens with two attached hydrogens (primary N) is 1. The molecule has 0 spiro atoms. The molecule has 1 aliphatic heterocycles. The molecule has 18 heteroatoms. The topological polar surface area (TPSA) is 247 Å². The van der Waals surface area contributed by atoms with E-state index in [0.29, 0.717) is 0 Å². The van der Waals surface area contributed by atoms with Gasteiger partial charge in [0, 0.05) is 5.88 Å². The van der Waals surface area contributed by atoms with Gasteiger partial charge in [0.05, 0.1) is 6.61 Å². The van der Waals surface area contributed by atoms with Gasteiger partial charge in [-0.05, 0) is 11.1 Å². The first-order valence-electron chi connectivity index (χ1n) is 12.0. The highest BCUT2D eigenvalue weighted by Crippen LogP contribution is 2.57. The van der Waals surface area contributed by atoms with Crippen LogP contribution in [0.1, 0.15) is 23.4 Å². The van der Waals surface area contributed by atoms with E-state index in [2.05, 4.69) is 18.8 Å². The summed E-state index contributed by atoms with van der Waals surface area (Å²) in [4.78, 5) is 35.1. The van der Waals surface area contributed by atoms with Gasteiger partial charge in [-0.1, -0.05) is 65.6 Å². The molecule has 1 fully saturated rings. The average molecular weight is 609 g/mol. The molecule has 0 aliphatic carbocycles. The SMILES string of the molecule is Nc1nc([O-])c2c(n1)[n+]([C@@H]1O[C@H](COP(=O)(O)OP(=O)(O)O)[C@@H](O)[C@H]1O)cn2C(c1ccccc1)c1ccccc1. The summed E-state index contributed by atoms with van der Waals surface area (Å²) in [5.41, 5.74) is 7.35. The molecule has 4 aromatic rings. The monoisotopic (exact) mass is 609 g/mol. The van der Waals surface area contributed by atoms with Crippen molar-refractivity contribution in [2.24, 2.45) is 0 Å². The van der Waals surface area contributed by atoms with Gasteiger partial charge in [-0.25, -0.2) is 23.2 Å². The molecule has 0 radical (unpaired) electrons. The highest BCUT2D eigenvalue weighted by Gasteiger charge is 2.48. The number of anilines is 1. The fraction of sp³-hybridized carbons (Fsp3) is 0.261. The minimum Gasteiger partial charge on any atom is -0.856 e. The third kappa shape index (κ3) is 6.17. The third-order valence-electron chi connectivity index (χ3n) is 6.33. The summed E-state index contributed by atoms with van der Waals surface area (Å²) < 4.78 is 39.7. The van der Waals surface area contributed by atoms with E-state index in [0.717, 1.165) is 11.1 Å². The number of hydrogen-bond acceptors (Lipinski definition) is 11. The van der Waals surface area contributed by atoms with E-state index in [-0.39, 0.29) is 17.1 Å². The Hall–Kier alpha value is -3.27. The van der Waals surface area contributed by atoms with E-state index in [1.807, 2.05) is 60.7 Å². The summed E-state index contributed by atoms with van der Waals surface area (Å²) in [6.45, 7) is -0.901. The van der Waals surface area contributed by atoms with Crippen molar-refractivity contribution < 1.29 is 57.3 Å². The maximum Gasteiger partial charge on any atom is 0.481 e. The summed E-state index contributed by atoms with van der Waals surface area (Å²) in [6.07, 6.45) is -4.81. The lowest BCUT2D eigenvalue weighted by Crippen LogP contribution is -2.46. The van der Waals surface area contributed by atoms with Gasteiger partial charge < -0.3 is 40.5 Å². The predicted molar refractivity (Wildman–Crippen MR) is 137 cm³/mol.